The first kappa shape index (κ1) is 17.4. The van der Waals surface area contributed by atoms with Crippen LogP contribution in [0.5, 0.6) is 0 Å². The lowest BCUT2D eigenvalue weighted by Gasteiger charge is -2.26. The Bertz CT molecular complexity index is 425. The lowest BCUT2D eigenvalue weighted by Crippen LogP contribution is -2.49. The molecule has 118 valence electrons. The minimum absolute atomic E-state index is 0.0859. The van der Waals surface area contributed by atoms with Crippen LogP contribution < -0.4 is 15.8 Å². The quantitative estimate of drug-likeness (QED) is 0.625. The van der Waals surface area contributed by atoms with Gasteiger partial charge in [0.2, 0.25) is 15.9 Å². The minimum Gasteiger partial charge on any atom is -0.354 e. The van der Waals surface area contributed by atoms with Gasteiger partial charge in [0.1, 0.15) is 0 Å². The van der Waals surface area contributed by atoms with Gasteiger partial charge in [-0.05, 0) is 24.2 Å². The summed E-state index contributed by atoms with van der Waals surface area (Å²) in [7, 11) is -3.32. The summed E-state index contributed by atoms with van der Waals surface area (Å²) in [5, 5.41) is 2.58. The van der Waals surface area contributed by atoms with Gasteiger partial charge in [-0.25, -0.2) is 13.1 Å². The third kappa shape index (κ3) is 5.76. The van der Waals surface area contributed by atoms with Crippen molar-refractivity contribution in [2.75, 3.05) is 18.8 Å². The van der Waals surface area contributed by atoms with Crippen molar-refractivity contribution in [3.8, 4) is 0 Å². The first-order chi connectivity index (χ1) is 9.12. The van der Waals surface area contributed by atoms with Crippen molar-refractivity contribution in [2.45, 2.75) is 46.1 Å². The molecule has 0 spiro atoms. The second kappa shape index (κ2) is 6.87. The van der Waals surface area contributed by atoms with Crippen molar-refractivity contribution < 1.29 is 13.2 Å². The molecule has 0 aromatic rings. The van der Waals surface area contributed by atoms with Gasteiger partial charge in [-0.3, -0.25) is 4.79 Å². The molecule has 1 aliphatic carbocycles. The fraction of sp³-hybridized carbons (Fsp3) is 0.923. The standard InChI is InChI=1S/C13H27N3O3S/c1-13(2,3)11(14)12(17)15-7-8-20(18,19)16-9-10-5-4-6-10/h10-11,16H,4-9,14H2,1-3H3,(H,15,17)/t11-/m1/s1. The van der Waals surface area contributed by atoms with Crippen molar-refractivity contribution in [3.63, 3.8) is 0 Å². The lowest BCUT2D eigenvalue weighted by molar-refractivity contribution is -0.124. The zero-order chi connectivity index (χ0) is 15.4. The lowest BCUT2D eigenvalue weighted by atomic mass is 9.86. The Balaban J connectivity index is 2.26. The van der Waals surface area contributed by atoms with Gasteiger partial charge in [-0.15, -0.1) is 0 Å². The van der Waals surface area contributed by atoms with E-state index in [0.29, 0.717) is 12.5 Å². The highest BCUT2D eigenvalue weighted by molar-refractivity contribution is 7.89. The average molecular weight is 305 g/mol. The van der Waals surface area contributed by atoms with E-state index in [1.54, 1.807) is 0 Å². The Morgan fingerprint density at radius 2 is 1.95 bits per heavy atom. The van der Waals surface area contributed by atoms with Crippen LogP contribution in [-0.2, 0) is 14.8 Å². The van der Waals surface area contributed by atoms with E-state index in [1.165, 1.54) is 6.42 Å². The molecule has 0 aliphatic heterocycles. The molecule has 6 nitrogen and oxygen atoms in total. The highest BCUT2D eigenvalue weighted by Gasteiger charge is 2.27. The molecular formula is C13H27N3O3S. The number of hydrogen-bond donors (Lipinski definition) is 3. The second-order valence-electron chi connectivity index (χ2n) is 6.60. The number of rotatable bonds is 7. The number of sulfonamides is 1. The topological polar surface area (TPSA) is 101 Å². The van der Waals surface area contributed by atoms with Crippen LogP contribution in [0.3, 0.4) is 0 Å². The van der Waals surface area contributed by atoms with Gasteiger partial charge in [0.05, 0.1) is 11.8 Å². The van der Waals surface area contributed by atoms with E-state index < -0.39 is 16.1 Å². The molecule has 20 heavy (non-hydrogen) atoms. The van der Waals surface area contributed by atoms with Gasteiger partial charge in [-0.1, -0.05) is 27.2 Å². The Kier molecular flexibility index (Phi) is 5.97. The zero-order valence-corrected chi connectivity index (χ0v) is 13.4. The summed E-state index contributed by atoms with van der Waals surface area (Å²) in [6.45, 7) is 6.21. The van der Waals surface area contributed by atoms with Crippen molar-refractivity contribution >= 4 is 15.9 Å². The highest BCUT2D eigenvalue weighted by Crippen LogP contribution is 2.25. The largest absolute Gasteiger partial charge is 0.354 e. The third-order valence-electron chi connectivity index (χ3n) is 3.70. The Morgan fingerprint density at radius 3 is 2.40 bits per heavy atom. The van der Waals surface area contributed by atoms with Gasteiger partial charge in [0.25, 0.3) is 0 Å². The van der Waals surface area contributed by atoms with E-state index in [4.69, 9.17) is 5.73 Å². The van der Waals surface area contributed by atoms with E-state index in [-0.39, 0.29) is 23.6 Å². The smallest absolute Gasteiger partial charge is 0.237 e. The number of carbonyl (C=O) groups is 1. The maximum Gasteiger partial charge on any atom is 0.237 e. The fourth-order valence-corrected chi connectivity index (χ4v) is 2.83. The SMILES string of the molecule is CC(C)(C)[C@H](N)C(=O)NCCS(=O)(=O)NCC1CCC1. The predicted octanol–water partition coefficient (Wildman–Crippen LogP) is 0.196. The normalized spacial score (nSPS) is 18.4. The summed E-state index contributed by atoms with van der Waals surface area (Å²) in [5.74, 6) is 0.0582. The van der Waals surface area contributed by atoms with Crippen LogP contribution in [0, 0.1) is 11.3 Å². The molecule has 4 N–H and O–H groups in total. The maximum absolute atomic E-state index is 11.7. The molecule has 1 aliphatic rings. The number of nitrogens with two attached hydrogens (primary N) is 1. The van der Waals surface area contributed by atoms with Gasteiger partial charge in [0, 0.05) is 13.1 Å². The number of carbonyl (C=O) groups excluding carboxylic acids is 1. The van der Waals surface area contributed by atoms with Crippen LogP contribution in [0.1, 0.15) is 40.0 Å². The van der Waals surface area contributed by atoms with Gasteiger partial charge in [-0.2, -0.15) is 0 Å². The summed E-state index contributed by atoms with van der Waals surface area (Å²) < 4.78 is 26.0. The van der Waals surface area contributed by atoms with E-state index in [2.05, 4.69) is 10.0 Å². The number of nitrogens with one attached hydrogen (secondary N) is 2. The molecule has 0 radical (unpaired) electrons. The number of amides is 1. The first-order valence-corrected chi connectivity index (χ1v) is 8.78. The maximum atomic E-state index is 11.7. The van der Waals surface area contributed by atoms with Crippen molar-refractivity contribution in [1.82, 2.24) is 10.0 Å². The second-order valence-corrected chi connectivity index (χ2v) is 8.53. The summed E-state index contributed by atoms with van der Waals surface area (Å²) >= 11 is 0. The summed E-state index contributed by atoms with van der Waals surface area (Å²) in [6.07, 6.45) is 3.38. The van der Waals surface area contributed by atoms with Crippen LogP contribution in [0.25, 0.3) is 0 Å². The Morgan fingerprint density at radius 1 is 1.35 bits per heavy atom. The molecule has 0 heterocycles. The molecule has 1 fully saturated rings. The van der Waals surface area contributed by atoms with E-state index in [1.807, 2.05) is 20.8 Å². The van der Waals surface area contributed by atoms with Crippen molar-refractivity contribution in [1.29, 1.82) is 0 Å². The van der Waals surface area contributed by atoms with Crippen molar-refractivity contribution in [3.05, 3.63) is 0 Å². The number of hydrogen-bond acceptors (Lipinski definition) is 4. The summed E-state index contributed by atoms with van der Waals surface area (Å²) in [5.41, 5.74) is 5.45. The van der Waals surface area contributed by atoms with Crippen LogP contribution in [0.4, 0.5) is 0 Å². The van der Waals surface area contributed by atoms with Crippen LogP contribution in [0.2, 0.25) is 0 Å². The third-order valence-corrected chi connectivity index (χ3v) is 5.05. The Hall–Kier alpha value is -0.660. The first-order valence-electron chi connectivity index (χ1n) is 7.12. The molecule has 0 bridgehead atoms. The molecule has 0 aromatic heterocycles. The van der Waals surface area contributed by atoms with Crippen LogP contribution in [0.15, 0.2) is 0 Å². The fourth-order valence-electron chi connectivity index (χ4n) is 1.83. The van der Waals surface area contributed by atoms with E-state index >= 15 is 0 Å². The van der Waals surface area contributed by atoms with Crippen LogP contribution in [-0.4, -0.2) is 39.2 Å². The Labute approximate surface area is 121 Å². The van der Waals surface area contributed by atoms with Gasteiger partial charge >= 0.3 is 0 Å². The van der Waals surface area contributed by atoms with E-state index in [9.17, 15) is 13.2 Å². The molecular weight excluding hydrogens is 278 g/mol. The average Bonchev–Trinajstić information content (AvgIpc) is 2.23. The van der Waals surface area contributed by atoms with Gasteiger partial charge < -0.3 is 11.1 Å². The summed E-state index contributed by atoms with van der Waals surface area (Å²) in [4.78, 5) is 11.7. The van der Waals surface area contributed by atoms with Gasteiger partial charge in [0.15, 0.2) is 0 Å². The van der Waals surface area contributed by atoms with Crippen molar-refractivity contribution in [2.24, 2.45) is 17.1 Å². The molecule has 0 aromatic carbocycles. The highest BCUT2D eigenvalue weighted by atomic mass is 32.2. The summed E-state index contributed by atoms with van der Waals surface area (Å²) in [6, 6.07) is -0.645. The monoisotopic (exact) mass is 305 g/mol. The predicted molar refractivity (Wildman–Crippen MR) is 79.6 cm³/mol. The molecule has 1 atom stereocenters. The molecule has 7 heteroatoms. The minimum atomic E-state index is -3.32. The zero-order valence-electron chi connectivity index (χ0n) is 12.6. The van der Waals surface area contributed by atoms with Crippen LogP contribution >= 0.6 is 0 Å². The molecule has 1 saturated carbocycles. The molecule has 1 amide bonds. The molecule has 0 saturated heterocycles. The van der Waals surface area contributed by atoms with E-state index in [0.717, 1.165) is 12.8 Å². The molecule has 0 unspecified atom stereocenters. The molecule has 1 rings (SSSR count).